The average Bonchev–Trinajstić information content (AvgIpc) is 3.47. The molecule has 0 saturated carbocycles. The van der Waals surface area contributed by atoms with Crippen LogP contribution in [0.5, 0.6) is 0 Å². The van der Waals surface area contributed by atoms with Crippen LogP contribution in [0, 0.1) is 0 Å². The molecule has 0 bridgehead atoms. The van der Waals surface area contributed by atoms with Gasteiger partial charge < -0.3 is 26.8 Å². The lowest BCUT2D eigenvalue weighted by Crippen LogP contribution is -2.55. The van der Waals surface area contributed by atoms with Crippen LogP contribution < -0.4 is 42.2 Å². The second-order valence-corrected chi connectivity index (χ2v) is 11.6. The molecule has 19 heteroatoms. The van der Waals surface area contributed by atoms with Crippen LogP contribution in [0.2, 0.25) is 0 Å². The molecule has 0 aliphatic carbocycles. The normalized spacial score (nSPS) is 20.6. The Morgan fingerprint density at radius 2 is 1.97 bits per heavy atom. The first-order chi connectivity index (χ1) is 16.5. The van der Waals surface area contributed by atoms with Crippen LogP contribution in [0.1, 0.15) is 12.8 Å². The van der Waals surface area contributed by atoms with E-state index in [2.05, 4.69) is 36.5 Å². The lowest BCUT2D eigenvalue weighted by atomic mass is 9.88. The Morgan fingerprint density at radius 1 is 1.26 bits per heavy atom. The zero-order valence-electron chi connectivity index (χ0n) is 18.5. The summed E-state index contributed by atoms with van der Waals surface area (Å²) in [5, 5.41) is 26.5. The summed E-state index contributed by atoms with van der Waals surface area (Å²) in [6.07, 6.45) is 0.107. The molecule has 4 rings (SSSR count). The van der Waals surface area contributed by atoms with E-state index in [1.54, 1.807) is 0 Å². The van der Waals surface area contributed by atoms with Crippen LogP contribution in [0.3, 0.4) is 0 Å². The molecule has 0 radical (unpaired) electrons. The highest BCUT2D eigenvalue weighted by molar-refractivity contribution is 7.92. The second kappa shape index (κ2) is 9.33. The number of hydrazine groups is 1. The number of aliphatic imine (C=N–C) groups is 1. The standard InChI is InChI=1S/C16H27N12O5S2/c17-7-10(29)8-21-35(32,33)12-2-1-11(13(14(12)34(19,30)31)28-25-23-24-26-28)27-5-3-16(4-6-27)9-20-15(18)22-16/h1-2,10,21,29H,3-9,17H2,(H6-,18,19,20,22,23,24,25,26,30,31)/q-1/t10-/m1/s1. The molecule has 1 atom stereocenters. The molecule has 1 aromatic rings. The summed E-state index contributed by atoms with van der Waals surface area (Å²) < 4.78 is 53.7. The van der Waals surface area contributed by atoms with Gasteiger partial charge in [0, 0.05) is 26.2 Å². The van der Waals surface area contributed by atoms with Crippen molar-refractivity contribution < 1.29 is 21.9 Å². The third-order valence-corrected chi connectivity index (χ3v) is 8.54. The van der Waals surface area contributed by atoms with E-state index in [0.29, 0.717) is 44.1 Å². The molecule has 0 aromatic heterocycles. The molecule has 194 valence electrons. The lowest BCUT2D eigenvalue weighted by molar-refractivity contribution is 0.186. The molecule has 1 spiro atoms. The van der Waals surface area contributed by atoms with E-state index in [1.165, 1.54) is 6.07 Å². The van der Waals surface area contributed by atoms with Crippen LogP contribution >= 0.6 is 0 Å². The lowest BCUT2D eigenvalue weighted by Gasteiger charge is -2.41. The number of guanidine groups is 1. The number of aliphatic hydroxyl groups excluding tert-OH is 1. The van der Waals surface area contributed by atoms with E-state index in [9.17, 15) is 21.9 Å². The van der Waals surface area contributed by atoms with Crippen LogP contribution in [-0.2, 0) is 20.0 Å². The number of primary sulfonamides is 1. The van der Waals surface area contributed by atoms with Crippen molar-refractivity contribution in [2.24, 2.45) is 32.0 Å². The summed E-state index contributed by atoms with van der Waals surface area (Å²) in [7, 11) is -9.07. The highest BCUT2D eigenvalue weighted by atomic mass is 32.2. The van der Waals surface area contributed by atoms with E-state index in [-0.39, 0.29) is 17.8 Å². The van der Waals surface area contributed by atoms with E-state index in [0.717, 1.165) is 11.2 Å². The van der Waals surface area contributed by atoms with Gasteiger partial charge in [-0.05, 0) is 25.0 Å². The molecule has 3 heterocycles. The monoisotopic (exact) mass is 531 g/mol. The van der Waals surface area contributed by atoms with Gasteiger partial charge in [-0.2, -0.15) is 5.53 Å². The Labute approximate surface area is 201 Å². The zero-order chi connectivity index (χ0) is 25.4. The van der Waals surface area contributed by atoms with Gasteiger partial charge in [0.15, 0.2) is 5.96 Å². The summed E-state index contributed by atoms with van der Waals surface area (Å²) in [5.41, 5.74) is 16.9. The minimum atomic E-state index is -4.62. The molecule has 1 aromatic carbocycles. The van der Waals surface area contributed by atoms with Crippen LogP contribution in [-0.4, -0.2) is 72.3 Å². The quantitative estimate of drug-likeness (QED) is 0.179. The topological polar surface area (TPSA) is 260 Å². The fourth-order valence-electron chi connectivity index (χ4n) is 4.14. The fourth-order valence-corrected chi connectivity index (χ4v) is 6.78. The number of benzene rings is 1. The van der Waals surface area contributed by atoms with Gasteiger partial charge in [0.2, 0.25) is 20.0 Å². The second-order valence-electron chi connectivity index (χ2n) is 8.33. The Hall–Kier alpha value is -2.81. The first kappa shape index (κ1) is 25.3. The number of nitrogens with zero attached hydrogens (tertiary/aromatic N) is 6. The SMILES string of the molecule is NC[C@@H](O)CNS(=O)(=O)c1ccc(N2CCC3(CC2)CN=C(N)N3)c(N2N=N[N-]N2)c1S(N)(=O)=O. The summed E-state index contributed by atoms with van der Waals surface area (Å²) in [6, 6.07) is 2.60. The van der Waals surface area contributed by atoms with E-state index < -0.39 is 42.5 Å². The summed E-state index contributed by atoms with van der Waals surface area (Å²) in [4.78, 5) is 4.77. The van der Waals surface area contributed by atoms with E-state index in [4.69, 9.17) is 16.6 Å². The first-order valence-electron chi connectivity index (χ1n) is 10.5. The first-order valence-corrected chi connectivity index (χ1v) is 13.6. The van der Waals surface area contributed by atoms with Crippen molar-refractivity contribution in [1.29, 1.82) is 0 Å². The summed E-state index contributed by atoms with van der Waals surface area (Å²) >= 11 is 0. The van der Waals surface area contributed by atoms with Gasteiger partial charge in [-0.25, -0.2) is 31.9 Å². The summed E-state index contributed by atoms with van der Waals surface area (Å²) in [6.45, 7) is 0.851. The molecule has 17 nitrogen and oxygen atoms in total. The number of hydrogen-bond donors (Lipinski definition) is 7. The molecule has 3 aliphatic rings. The number of nitrogens with two attached hydrogens (primary N) is 3. The van der Waals surface area contributed by atoms with Crippen molar-refractivity contribution in [2.75, 3.05) is 42.7 Å². The zero-order valence-corrected chi connectivity index (χ0v) is 20.1. The number of piperidine rings is 1. The smallest absolute Gasteiger partial charge is 0.242 e. The maximum atomic E-state index is 13.0. The third kappa shape index (κ3) is 5.10. The molecule has 35 heavy (non-hydrogen) atoms. The number of aliphatic hydroxyl groups is 1. The van der Waals surface area contributed by atoms with Gasteiger partial charge in [-0.15, -0.1) is 0 Å². The minimum Gasteiger partial charge on any atom is -0.390 e. The summed E-state index contributed by atoms with van der Waals surface area (Å²) in [5.74, 6) is 0.376. The van der Waals surface area contributed by atoms with Gasteiger partial charge in [0.1, 0.15) is 15.5 Å². The maximum Gasteiger partial charge on any atom is 0.242 e. The Kier molecular flexibility index (Phi) is 6.74. The molecule has 1 fully saturated rings. The van der Waals surface area contributed by atoms with Gasteiger partial charge in [0.25, 0.3) is 0 Å². The predicted octanol–water partition coefficient (Wildman–Crippen LogP) is -2.92. The number of nitrogens with one attached hydrogen (secondary N) is 3. The number of rotatable bonds is 8. The maximum absolute atomic E-state index is 13.0. The van der Waals surface area contributed by atoms with Gasteiger partial charge in [0.05, 0.1) is 23.9 Å². The predicted molar refractivity (Wildman–Crippen MR) is 126 cm³/mol. The van der Waals surface area contributed by atoms with E-state index >= 15 is 0 Å². The fraction of sp³-hybridized carbons (Fsp3) is 0.562. The molecule has 3 aliphatic heterocycles. The Bertz CT molecular complexity index is 1240. The highest BCUT2D eigenvalue weighted by Crippen LogP contribution is 2.42. The largest absolute Gasteiger partial charge is 0.390 e. The number of hydrogen-bond acceptors (Lipinski definition) is 14. The van der Waals surface area contributed by atoms with Crippen molar-refractivity contribution in [2.45, 2.75) is 34.3 Å². The molecular formula is C16H27N12O5S2-. The van der Waals surface area contributed by atoms with Crippen molar-refractivity contribution in [1.82, 2.24) is 15.6 Å². The van der Waals surface area contributed by atoms with Gasteiger partial charge in [-0.3, -0.25) is 20.9 Å². The third-order valence-electron chi connectivity index (χ3n) is 5.96. The van der Waals surface area contributed by atoms with E-state index in [1.807, 2.05) is 4.90 Å². The van der Waals surface area contributed by atoms with Crippen LogP contribution in [0.15, 0.2) is 37.4 Å². The average molecular weight is 532 g/mol. The van der Waals surface area contributed by atoms with Crippen molar-refractivity contribution in [3.63, 3.8) is 0 Å². The number of sulfonamides is 2. The number of anilines is 2. The molecule has 1 saturated heterocycles. The van der Waals surface area contributed by atoms with Crippen molar-refractivity contribution in [3.05, 3.63) is 17.7 Å². The van der Waals surface area contributed by atoms with Crippen molar-refractivity contribution in [3.8, 4) is 0 Å². The Balaban J connectivity index is 1.77. The van der Waals surface area contributed by atoms with Crippen LogP contribution in [0.4, 0.5) is 11.4 Å². The van der Waals surface area contributed by atoms with Gasteiger partial charge in [-0.1, -0.05) is 0 Å². The molecule has 0 amide bonds. The minimum absolute atomic E-state index is 0.161. The molecular weight excluding hydrogens is 504 g/mol. The highest BCUT2D eigenvalue weighted by Gasteiger charge is 2.40. The van der Waals surface area contributed by atoms with Crippen LogP contribution in [0.25, 0.3) is 5.53 Å². The molecule has 10 N–H and O–H groups in total. The van der Waals surface area contributed by atoms with Gasteiger partial charge >= 0.3 is 0 Å². The van der Waals surface area contributed by atoms with Crippen molar-refractivity contribution >= 4 is 37.4 Å². The molecule has 0 unspecified atom stereocenters. The Morgan fingerprint density at radius 3 is 2.51 bits per heavy atom.